The second-order valence-electron chi connectivity index (χ2n) is 2.01. The number of halogens is 2. The minimum absolute atomic E-state index is 0.194. The fourth-order valence-corrected chi connectivity index (χ4v) is 0.258. The second-order valence-corrected chi connectivity index (χ2v) is 2.82. The summed E-state index contributed by atoms with van der Waals surface area (Å²) < 4.78 is 0. The Kier molecular flexibility index (Phi) is 15.4. The Morgan fingerprint density at radius 3 is 1.67 bits per heavy atom. The SMILES string of the molecule is CC(C)CCO.ClCCl. The van der Waals surface area contributed by atoms with E-state index in [2.05, 4.69) is 13.8 Å². The molecule has 0 aliphatic carbocycles. The molecule has 0 aliphatic heterocycles. The van der Waals surface area contributed by atoms with Crippen LogP contribution in [-0.4, -0.2) is 17.1 Å². The molecule has 0 bridgehead atoms. The summed E-state index contributed by atoms with van der Waals surface area (Å²) in [6.07, 6.45) is 0.931. The van der Waals surface area contributed by atoms with Crippen molar-refractivity contribution in [2.75, 3.05) is 11.9 Å². The summed E-state index contributed by atoms with van der Waals surface area (Å²) in [4.78, 5) is 0. The smallest absolute Gasteiger partial charge is 0.0967 e. The van der Waals surface area contributed by atoms with Gasteiger partial charge >= 0.3 is 0 Å². The van der Waals surface area contributed by atoms with Gasteiger partial charge in [0.05, 0.1) is 5.34 Å². The van der Waals surface area contributed by atoms with Gasteiger partial charge < -0.3 is 5.11 Å². The van der Waals surface area contributed by atoms with Crippen LogP contribution in [0.15, 0.2) is 0 Å². The van der Waals surface area contributed by atoms with Crippen molar-refractivity contribution in [3.63, 3.8) is 0 Å². The molecule has 0 aromatic heterocycles. The van der Waals surface area contributed by atoms with Crippen LogP contribution in [0, 0.1) is 5.92 Å². The minimum atomic E-state index is 0.194. The molecule has 1 N–H and O–H groups in total. The lowest BCUT2D eigenvalue weighted by molar-refractivity contribution is 0.268. The third-order valence-electron chi connectivity index (χ3n) is 0.706. The molecule has 0 amide bonds. The van der Waals surface area contributed by atoms with Gasteiger partial charge in [0, 0.05) is 6.61 Å². The van der Waals surface area contributed by atoms with Crippen molar-refractivity contribution in [2.24, 2.45) is 5.92 Å². The number of aliphatic hydroxyl groups is 1. The predicted octanol–water partition coefficient (Wildman–Crippen LogP) is 2.45. The quantitative estimate of drug-likeness (QED) is 0.636. The normalized spacial score (nSPS) is 8.67. The van der Waals surface area contributed by atoms with E-state index in [9.17, 15) is 0 Å². The summed E-state index contributed by atoms with van der Waals surface area (Å²) in [7, 11) is 0. The molecule has 9 heavy (non-hydrogen) atoms. The number of alkyl halides is 2. The lowest BCUT2D eigenvalue weighted by Gasteiger charge is -1.95. The number of aliphatic hydroxyl groups excluding tert-OH is 1. The summed E-state index contributed by atoms with van der Waals surface area (Å²) in [5.41, 5.74) is 0. The number of hydrogen-bond donors (Lipinski definition) is 1. The van der Waals surface area contributed by atoms with Crippen LogP contribution in [0.1, 0.15) is 20.3 Å². The maximum Gasteiger partial charge on any atom is 0.0967 e. The van der Waals surface area contributed by atoms with Crippen LogP contribution in [-0.2, 0) is 0 Å². The molecule has 0 radical (unpaired) electrons. The molecule has 0 atom stereocenters. The van der Waals surface area contributed by atoms with Gasteiger partial charge in [-0.05, 0) is 12.3 Å². The van der Waals surface area contributed by atoms with Crippen molar-refractivity contribution in [3.8, 4) is 0 Å². The van der Waals surface area contributed by atoms with E-state index in [0.717, 1.165) is 6.42 Å². The minimum Gasteiger partial charge on any atom is -0.396 e. The zero-order chi connectivity index (χ0) is 7.70. The van der Waals surface area contributed by atoms with Crippen LogP contribution < -0.4 is 0 Å². The number of rotatable bonds is 2. The summed E-state index contributed by atoms with van der Waals surface area (Å²) in [6, 6.07) is 0. The highest BCUT2D eigenvalue weighted by Gasteiger charge is 1.86. The Balaban J connectivity index is 0. The highest BCUT2D eigenvalue weighted by Crippen LogP contribution is 1.94. The van der Waals surface area contributed by atoms with Gasteiger partial charge in [-0.2, -0.15) is 0 Å². The first-order chi connectivity index (χ1) is 4.18. The highest BCUT2D eigenvalue weighted by molar-refractivity contribution is 6.40. The standard InChI is InChI=1S/C5H12O.CH2Cl2/c1-5(2)3-4-6;2-1-3/h5-6H,3-4H2,1-2H3;1H2. The second kappa shape index (κ2) is 11.4. The molecule has 0 saturated carbocycles. The van der Waals surface area contributed by atoms with E-state index in [0.29, 0.717) is 12.5 Å². The summed E-state index contributed by atoms with van der Waals surface area (Å²) >= 11 is 9.53. The molecule has 0 heterocycles. The maximum absolute atomic E-state index is 8.24. The van der Waals surface area contributed by atoms with E-state index in [4.69, 9.17) is 28.3 Å². The average Bonchev–Trinajstić information content (AvgIpc) is 1.67. The van der Waals surface area contributed by atoms with Crippen molar-refractivity contribution in [3.05, 3.63) is 0 Å². The zero-order valence-corrected chi connectivity index (χ0v) is 7.41. The molecule has 1 nitrogen and oxygen atoms in total. The van der Waals surface area contributed by atoms with E-state index in [-0.39, 0.29) is 5.34 Å². The zero-order valence-electron chi connectivity index (χ0n) is 5.90. The fraction of sp³-hybridized carbons (Fsp3) is 1.00. The third-order valence-corrected chi connectivity index (χ3v) is 0.706. The Hall–Kier alpha value is 0.540. The molecule has 0 rings (SSSR count). The first-order valence-electron chi connectivity index (χ1n) is 2.91. The molecule has 0 saturated heterocycles. The van der Waals surface area contributed by atoms with Gasteiger partial charge in [-0.1, -0.05) is 13.8 Å². The largest absolute Gasteiger partial charge is 0.396 e. The predicted molar refractivity (Wildman–Crippen MR) is 43.1 cm³/mol. The first kappa shape index (κ1) is 12.2. The monoisotopic (exact) mass is 172 g/mol. The average molecular weight is 173 g/mol. The van der Waals surface area contributed by atoms with Crippen molar-refractivity contribution in [2.45, 2.75) is 20.3 Å². The molecule has 0 aromatic carbocycles. The summed E-state index contributed by atoms with van der Waals surface area (Å²) in [5.74, 6) is 0.648. The lowest BCUT2D eigenvalue weighted by Crippen LogP contribution is -1.89. The van der Waals surface area contributed by atoms with Gasteiger partial charge in [-0.25, -0.2) is 0 Å². The van der Waals surface area contributed by atoms with Crippen LogP contribution >= 0.6 is 23.2 Å². The molecule has 3 heteroatoms. The van der Waals surface area contributed by atoms with Crippen LogP contribution in [0.25, 0.3) is 0 Å². The van der Waals surface area contributed by atoms with E-state index >= 15 is 0 Å². The fourth-order valence-electron chi connectivity index (χ4n) is 0.258. The van der Waals surface area contributed by atoms with Crippen molar-refractivity contribution in [1.29, 1.82) is 0 Å². The van der Waals surface area contributed by atoms with E-state index < -0.39 is 0 Å². The Morgan fingerprint density at radius 2 is 1.67 bits per heavy atom. The molecule has 0 aromatic rings. The first-order valence-corrected chi connectivity index (χ1v) is 3.98. The van der Waals surface area contributed by atoms with Crippen LogP contribution in [0.2, 0.25) is 0 Å². The van der Waals surface area contributed by atoms with Crippen LogP contribution in [0.4, 0.5) is 0 Å². The Labute approximate surface area is 67.0 Å². The van der Waals surface area contributed by atoms with Gasteiger partial charge in [-0.3, -0.25) is 0 Å². The van der Waals surface area contributed by atoms with E-state index in [1.165, 1.54) is 0 Å². The molecule has 0 unspecified atom stereocenters. The molecule has 58 valence electrons. The van der Waals surface area contributed by atoms with Crippen LogP contribution in [0.5, 0.6) is 0 Å². The van der Waals surface area contributed by atoms with Gasteiger partial charge in [0.2, 0.25) is 0 Å². The molecular formula is C6H14Cl2O. The third kappa shape index (κ3) is 29.1. The van der Waals surface area contributed by atoms with E-state index in [1.54, 1.807) is 0 Å². The Morgan fingerprint density at radius 1 is 1.33 bits per heavy atom. The van der Waals surface area contributed by atoms with Crippen molar-refractivity contribution >= 4 is 23.2 Å². The lowest BCUT2D eigenvalue weighted by atomic mass is 10.2. The molecule has 0 aliphatic rings. The van der Waals surface area contributed by atoms with Gasteiger partial charge in [-0.15, -0.1) is 23.2 Å². The highest BCUT2D eigenvalue weighted by atomic mass is 35.5. The molecule has 0 fully saturated rings. The molecular weight excluding hydrogens is 159 g/mol. The van der Waals surface area contributed by atoms with Crippen molar-refractivity contribution < 1.29 is 5.11 Å². The number of hydrogen-bond acceptors (Lipinski definition) is 1. The summed E-state index contributed by atoms with van der Waals surface area (Å²) in [6.45, 7) is 4.52. The van der Waals surface area contributed by atoms with E-state index in [1.807, 2.05) is 0 Å². The van der Waals surface area contributed by atoms with Gasteiger partial charge in [0.1, 0.15) is 0 Å². The van der Waals surface area contributed by atoms with Crippen LogP contribution in [0.3, 0.4) is 0 Å². The van der Waals surface area contributed by atoms with Gasteiger partial charge in [0.25, 0.3) is 0 Å². The Bertz CT molecular complexity index is 40.0. The topological polar surface area (TPSA) is 20.2 Å². The maximum atomic E-state index is 8.24. The molecule has 0 spiro atoms. The van der Waals surface area contributed by atoms with Gasteiger partial charge in [0.15, 0.2) is 0 Å². The van der Waals surface area contributed by atoms with Crippen molar-refractivity contribution in [1.82, 2.24) is 0 Å². The summed E-state index contributed by atoms with van der Waals surface area (Å²) in [5, 5.41) is 8.43.